The molecule has 2 saturated carbocycles. The predicted octanol–water partition coefficient (Wildman–Crippen LogP) is 2.67. The van der Waals surface area contributed by atoms with E-state index in [1.54, 1.807) is 0 Å². The van der Waals surface area contributed by atoms with Gasteiger partial charge in [-0.15, -0.1) is 0 Å². The highest BCUT2D eigenvalue weighted by atomic mass is 16.5. The molecule has 1 aromatic rings. The SMILES string of the molecule is CC(C)C1N(C)CC12C[C@@H](O)[C@H](NC1CC(Oc3ccccc3)C1)C2. The van der Waals surface area contributed by atoms with Crippen molar-refractivity contribution in [3.63, 3.8) is 0 Å². The lowest BCUT2D eigenvalue weighted by Crippen LogP contribution is -2.64. The van der Waals surface area contributed by atoms with Crippen molar-refractivity contribution in [2.24, 2.45) is 11.3 Å². The molecule has 1 aromatic carbocycles. The maximum atomic E-state index is 10.6. The number of nitrogens with zero attached hydrogens (tertiary/aromatic N) is 1. The molecule has 0 radical (unpaired) electrons. The maximum Gasteiger partial charge on any atom is 0.119 e. The molecule has 0 amide bonds. The van der Waals surface area contributed by atoms with Crippen molar-refractivity contribution in [1.82, 2.24) is 10.2 Å². The van der Waals surface area contributed by atoms with Gasteiger partial charge in [0.05, 0.1) is 6.10 Å². The van der Waals surface area contributed by atoms with Crippen LogP contribution in [0.2, 0.25) is 0 Å². The van der Waals surface area contributed by atoms with Gasteiger partial charge in [-0.25, -0.2) is 0 Å². The third-order valence-corrected chi connectivity index (χ3v) is 6.60. The minimum Gasteiger partial charge on any atom is -0.490 e. The molecule has 25 heavy (non-hydrogen) atoms. The van der Waals surface area contributed by atoms with Gasteiger partial charge in [-0.3, -0.25) is 0 Å². The number of aliphatic hydroxyl groups is 1. The van der Waals surface area contributed by atoms with Crippen molar-refractivity contribution in [2.75, 3.05) is 13.6 Å². The van der Waals surface area contributed by atoms with Crippen LogP contribution < -0.4 is 10.1 Å². The highest BCUT2D eigenvalue weighted by Gasteiger charge is 2.58. The van der Waals surface area contributed by atoms with E-state index >= 15 is 0 Å². The van der Waals surface area contributed by atoms with Crippen LogP contribution >= 0.6 is 0 Å². The summed E-state index contributed by atoms with van der Waals surface area (Å²) in [5, 5.41) is 14.4. The average Bonchev–Trinajstić information content (AvgIpc) is 2.83. The topological polar surface area (TPSA) is 44.7 Å². The molecule has 2 N–H and O–H groups in total. The van der Waals surface area contributed by atoms with E-state index in [-0.39, 0.29) is 12.1 Å². The molecule has 138 valence electrons. The summed E-state index contributed by atoms with van der Waals surface area (Å²) in [5.74, 6) is 1.61. The van der Waals surface area contributed by atoms with Gasteiger partial charge >= 0.3 is 0 Å². The molecule has 3 fully saturated rings. The minimum absolute atomic E-state index is 0.205. The van der Waals surface area contributed by atoms with Gasteiger partial charge in [-0.05, 0) is 50.8 Å². The quantitative estimate of drug-likeness (QED) is 0.862. The Hall–Kier alpha value is -1.10. The summed E-state index contributed by atoms with van der Waals surface area (Å²) < 4.78 is 6.00. The third kappa shape index (κ3) is 3.20. The number of nitrogens with one attached hydrogen (secondary N) is 1. The van der Waals surface area contributed by atoms with Gasteiger partial charge in [0.25, 0.3) is 0 Å². The van der Waals surface area contributed by atoms with E-state index in [1.807, 2.05) is 30.3 Å². The highest BCUT2D eigenvalue weighted by molar-refractivity contribution is 5.22. The van der Waals surface area contributed by atoms with Gasteiger partial charge in [0.2, 0.25) is 0 Å². The smallest absolute Gasteiger partial charge is 0.119 e. The second kappa shape index (κ2) is 6.57. The van der Waals surface area contributed by atoms with Crippen molar-refractivity contribution < 1.29 is 9.84 Å². The lowest BCUT2D eigenvalue weighted by atomic mass is 9.66. The molecule has 1 aliphatic heterocycles. The summed E-state index contributed by atoms with van der Waals surface area (Å²) >= 11 is 0. The van der Waals surface area contributed by atoms with Crippen LogP contribution in [0, 0.1) is 11.3 Å². The Labute approximate surface area is 151 Å². The Balaban J connectivity index is 1.27. The zero-order valence-corrected chi connectivity index (χ0v) is 15.7. The van der Waals surface area contributed by atoms with Gasteiger partial charge < -0.3 is 20.1 Å². The largest absolute Gasteiger partial charge is 0.490 e. The number of hydrogen-bond acceptors (Lipinski definition) is 4. The van der Waals surface area contributed by atoms with Crippen molar-refractivity contribution in [2.45, 2.75) is 69.9 Å². The zero-order chi connectivity index (χ0) is 17.6. The number of likely N-dealkylation sites (tertiary alicyclic amines) is 1. The van der Waals surface area contributed by atoms with E-state index in [0.29, 0.717) is 29.5 Å². The number of aliphatic hydroxyl groups excluding tert-OH is 1. The molecular formula is C21H32N2O2. The molecular weight excluding hydrogens is 312 g/mol. The molecule has 4 rings (SSSR count). The summed E-state index contributed by atoms with van der Waals surface area (Å²) in [6, 6.07) is 11.4. The van der Waals surface area contributed by atoms with Gasteiger partial charge in [-0.1, -0.05) is 32.0 Å². The summed E-state index contributed by atoms with van der Waals surface area (Å²) in [7, 11) is 2.22. The summed E-state index contributed by atoms with van der Waals surface area (Å²) in [5.41, 5.74) is 0.323. The molecule has 2 unspecified atom stereocenters. The fourth-order valence-electron chi connectivity index (χ4n) is 5.81. The van der Waals surface area contributed by atoms with Gasteiger partial charge in [0.1, 0.15) is 11.9 Å². The van der Waals surface area contributed by atoms with E-state index in [1.165, 1.54) is 0 Å². The van der Waals surface area contributed by atoms with Gasteiger partial charge in [-0.2, -0.15) is 0 Å². The fourth-order valence-corrected chi connectivity index (χ4v) is 5.81. The first-order chi connectivity index (χ1) is 12.0. The maximum absolute atomic E-state index is 10.6. The van der Waals surface area contributed by atoms with E-state index in [4.69, 9.17) is 4.74 Å². The molecule has 0 aromatic heterocycles. The van der Waals surface area contributed by atoms with Crippen molar-refractivity contribution >= 4 is 0 Å². The van der Waals surface area contributed by atoms with Crippen LogP contribution in [-0.2, 0) is 0 Å². The minimum atomic E-state index is -0.205. The van der Waals surface area contributed by atoms with Gasteiger partial charge in [0.15, 0.2) is 0 Å². The Morgan fingerprint density at radius 3 is 2.56 bits per heavy atom. The monoisotopic (exact) mass is 344 g/mol. The molecule has 4 atom stereocenters. The molecule has 2 aliphatic carbocycles. The second-order valence-corrected chi connectivity index (χ2v) is 8.94. The third-order valence-electron chi connectivity index (χ3n) is 6.60. The normalized spacial score (nSPS) is 40.9. The molecule has 1 saturated heterocycles. The van der Waals surface area contributed by atoms with E-state index in [0.717, 1.165) is 38.0 Å². The van der Waals surface area contributed by atoms with Crippen molar-refractivity contribution in [1.29, 1.82) is 0 Å². The van der Waals surface area contributed by atoms with Crippen molar-refractivity contribution in [3.05, 3.63) is 30.3 Å². The van der Waals surface area contributed by atoms with Crippen LogP contribution in [0.3, 0.4) is 0 Å². The Kier molecular flexibility index (Phi) is 4.55. The lowest BCUT2D eigenvalue weighted by Gasteiger charge is -2.57. The second-order valence-electron chi connectivity index (χ2n) is 8.94. The molecule has 0 bridgehead atoms. The van der Waals surface area contributed by atoms with E-state index in [9.17, 15) is 5.11 Å². The van der Waals surface area contributed by atoms with E-state index in [2.05, 4.69) is 31.1 Å². The predicted molar refractivity (Wildman–Crippen MR) is 99.7 cm³/mol. The van der Waals surface area contributed by atoms with Crippen LogP contribution in [0.4, 0.5) is 0 Å². The highest BCUT2D eigenvalue weighted by Crippen LogP contribution is 2.52. The van der Waals surface area contributed by atoms with Crippen LogP contribution in [-0.4, -0.2) is 53.9 Å². The first-order valence-corrected chi connectivity index (χ1v) is 9.83. The molecule has 1 spiro atoms. The number of hydrogen-bond donors (Lipinski definition) is 2. The molecule has 4 nitrogen and oxygen atoms in total. The standard InChI is InChI=1S/C21H32N2O2/c1-14(2)20-21(13-23(20)3)11-18(19(24)12-21)22-15-9-17(10-15)25-16-7-5-4-6-8-16/h4-8,14-15,17-20,22,24H,9-13H2,1-3H3/t15?,17?,18-,19-,20?,21?/m1/s1. The van der Waals surface area contributed by atoms with Gasteiger partial charge in [0, 0.05) is 30.1 Å². The summed E-state index contributed by atoms with van der Waals surface area (Å²) in [4.78, 5) is 2.47. The Morgan fingerprint density at radius 2 is 1.92 bits per heavy atom. The number of ether oxygens (including phenoxy) is 1. The van der Waals surface area contributed by atoms with E-state index < -0.39 is 0 Å². The average molecular weight is 344 g/mol. The Bertz CT molecular complexity index is 582. The number of benzene rings is 1. The zero-order valence-electron chi connectivity index (χ0n) is 15.7. The van der Waals surface area contributed by atoms with Crippen LogP contribution in [0.1, 0.15) is 39.5 Å². The number of para-hydroxylation sites is 1. The van der Waals surface area contributed by atoms with Crippen LogP contribution in [0.5, 0.6) is 5.75 Å². The molecule has 1 heterocycles. The molecule has 3 aliphatic rings. The first kappa shape index (κ1) is 17.3. The Morgan fingerprint density at radius 1 is 1.20 bits per heavy atom. The van der Waals surface area contributed by atoms with Crippen LogP contribution in [0.15, 0.2) is 30.3 Å². The summed E-state index contributed by atoms with van der Waals surface area (Å²) in [6.45, 7) is 5.76. The van der Waals surface area contributed by atoms with Crippen molar-refractivity contribution in [3.8, 4) is 5.75 Å². The number of rotatable bonds is 5. The fraction of sp³-hybridized carbons (Fsp3) is 0.714. The van der Waals surface area contributed by atoms with Crippen LogP contribution in [0.25, 0.3) is 0 Å². The first-order valence-electron chi connectivity index (χ1n) is 9.83. The summed E-state index contributed by atoms with van der Waals surface area (Å²) in [6.07, 6.45) is 4.25. The molecule has 4 heteroatoms. The lowest BCUT2D eigenvalue weighted by molar-refractivity contribution is -0.0829.